The second-order valence-electron chi connectivity index (χ2n) is 3.54. The van der Waals surface area contributed by atoms with Crippen LogP contribution in [0.25, 0.3) is 0 Å². The van der Waals surface area contributed by atoms with Crippen LogP contribution in [0.4, 0.5) is 0 Å². The highest BCUT2D eigenvalue weighted by atomic mass is 16.2. The van der Waals surface area contributed by atoms with Gasteiger partial charge in [-0.2, -0.15) is 0 Å². The molecule has 0 aliphatic heterocycles. The summed E-state index contributed by atoms with van der Waals surface area (Å²) in [7, 11) is 1.64. The summed E-state index contributed by atoms with van der Waals surface area (Å²) in [6.45, 7) is 6.00. The maximum atomic E-state index is 11.8. The Morgan fingerprint density at radius 2 is 2.27 bits per heavy atom. The molecule has 0 saturated heterocycles. The van der Waals surface area contributed by atoms with Crippen LogP contribution in [-0.4, -0.2) is 29.4 Å². The summed E-state index contributed by atoms with van der Waals surface area (Å²) < 4.78 is 0. The first-order valence-electron chi connectivity index (χ1n) is 4.59. The van der Waals surface area contributed by atoms with Crippen LogP contribution in [0.15, 0.2) is 35.4 Å². The van der Waals surface area contributed by atoms with E-state index < -0.39 is 0 Å². The average molecular weight is 206 g/mol. The van der Waals surface area contributed by atoms with E-state index in [1.165, 1.54) is 23.4 Å². The Morgan fingerprint density at radius 1 is 1.60 bits per heavy atom. The van der Waals surface area contributed by atoms with Crippen molar-refractivity contribution >= 4 is 5.91 Å². The number of hydrogen-bond acceptors (Lipinski definition) is 2. The zero-order valence-corrected chi connectivity index (χ0v) is 8.91. The van der Waals surface area contributed by atoms with E-state index in [9.17, 15) is 9.59 Å². The van der Waals surface area contributed by atoms with Crippen LogP contribution >= 0.6 is 0 Å². The first kappa shape index (κ1) is 11.2. The van der Waals surface area contributed by atoms with Crippen molar-refractivity contribution in [3.05, 3.63) is 46.4 Å². The van der Waals surface area contributed by atoms with Gasteiger partial charge in [0.1, 0.15) is 5.56 Å². The van der Waals surface area contributed by atoms with Gasteiger partial charge in [0.2, 0.25) is 0 Å². The van der Waals surface area contributed by atoms with Crippen LogP contribution < -0.4 is 5.43 Å². The van der Waals surface area contributed by atoms with Gasteiger partial charge in [-0.1, -0.05) is 12.2 Å². The molecule has 0 aliphatic rings. The molecule has 1 amide bonds. The molecule has 1 N–H and O–H groups in total. The number of aromatic nitrogens is 1. The molecule has 0 spiro atoms. The van der Waals surface area contributed by atoms with E-state index in [-0.39, 0.29) is 16.9 Å². The van der Waals surface area contributed by atoms with Gasteiger partial charge < -0.3 is 9.88 Å². The molecule has 80 valence electrons. The number of hydrogen-bond donors (Lipinski definition) is 1. The van der Waals surface area contributed by atoms with Crippen molar-refractivity contribution in [3.8, 4) is 0 Å². The second-order valence-corrected chi connectivity index (χ2v) is 3.54. The SMILES string of the molecule is C=C(C)CN(C)C(=O)c1c[nH]ccc1=O. The number of pyridine rings is 1. The number of nitrogens with zero attached hydrogens (tertiary/aromatic N) is 1. The summed E-state index contributed by atoms with van der Waals surface area (Å²) in [6, 6.07) is 1.34. The van der Waals surface area contributed by atoms with Crippen LogP contribution in [0.1, 0.15) is 17.3 Å². The fraction of sp³-hybridized carbons (Fsp3) is 0.273. The number of H-pyrrole nitrogens is 1. The number of aromatic amines is 1. The topological polar surface area (TPSA) is 53.2 Å². The number of amides is 1. The van der Waals surface area contributed by atoms with Crippen molar-refractivity contribution in [2.24, 2.45) is 0 Å². The smallest absolute Gasteiger partial charge is 0.259 e. The first-order chi connectivity index (χ1) is 7.02. The van der Waals surface area contributed by atoms with Gasteiger partial charge in [-0.25, -0.2) is 0 Å². The van der Waals surface area contributed by atoms with E-state index >= 15 is 0 Å². The molecule has 1 heterocycles. The minimum atomic E-state index is -0.292. The molecule has 15 heavy (non-hydrogen) atoms. The van der Waals surface area contributed by atoms with Crippen molar-refractivity contribution in [2.45, 2.75) is 6.92 Å². The number of rotatable bonds is 3. The third-order valence-corrected chi connectivity index (χ3v) is 1.91. The van der Waals surface area contributed by atoms with E-state index in [4.69, 9.17) is 0 Å². The van der Waals surface area contributed by atoms with Gasteiger partial charge in [0.05, 0.1) is 0 Å². The van der Waals surface area contributed by atoms with Gasteiger partial charge in [0.25, 0.3) is 5.91 Å². The Hall–Kier alpha value is -1.84. The molecule has 0 aromatic carbocycles. The highest BCUT2D eigenvalue weighted by Crippen LogP contribution is 1.99. The van der Waals surface area contributed by atoms with Gasteiger partial charge >= 0.3 is 0 Å². The van der Waals surface area contributed by atoms with Crippen molar-refractivity contribution in [1.29, 1.82) is 0 Å². The summed E-state index contributed by atoms with van der Waals surface area (Å²) in [4.78, 5) is 27.3. The van der Waals surface area contributed by atoms with E-state index in [0.29, 0.717) is 6.54 Å². The lowest BCUT2D eigenvalue weighted by Crippen LogP contribution is -2.31. The molecule has 0 saturated carbocycles. The van der Waals surface area contributed by atoms with Crippen molar-refractivity contribution in [2.75, 3.05) is 13.6 Å². The highest BCUT2D eigenvalue weighted by Gasteiger charge is 2.14. The normalized spacial score (nSPS) is 9.73. The maximum Gasteiger partial charge on any atom is 0.259 e. The lowest BCUT2D eigenvalue weighted by Gasteiger charge is -2.16. The van der Waals surface area contributed by atoms with E-state index in [2.05, 4.69) is 11.6 Å². The largest absolute Gasteiger partial charge is 0.367 e. The van der Waals surface area contributed by atoms with Crippen molar-refractivity contribution in [1.82, 2.24) is 9.88 Å². The Morgan fingerprint density at radius 3 is 2.80 bits per heavy atom. The molecular formula is C11H14N2O2. The Bertz CT molecular complexity index is 434. The van der Waals surface area contributed by atoms with Crippen molar-refractivity contribution in [3.63, 3.8) is 0 Å². The maximum absolute atomic E-state index is 11.8. The van der Waals surface area contributed by atoms with Crippen LogP contribution in [-0.2, 0) is 0 Å². The highest BCUT2D eigenvalue weighted by molar-refractivity contribution is 5.93. The molecule has 4 heteroatoms. The quantitative estimate of drug-likeness (QED) is 0.751. The fourth-order valence-corrected chi connectivity index (χ4v) is 1.27. The number of carbonyl (C=O) groups excluding carboxylic acids is 1. The molecule has 1 aromatic heterocycles. The van der Waals surface area contributed by atoms with E-state index in [1.54, 1.807) is 7.05 Å². The summed E-state index contributed by atoms with van der Waals surface area (Å²) in [6.07, 6.45) is 2.91. The zero-order chi connectivity index (χ0) is 11.4. The van der Waals surface area contributed by atoms with Crippen LogP contribution in [0.2, 0.25) is 0 Å². The predicted octanol–water partition coefficient (Wildman–Crippen LogP) is 1.02. The predicted molar refractivity (Wildman–Crippen MR) is 58.8 cm³/mol. The fourth-order valence-electron chi connectivity index (χ4n) is 1.27. The molecular weight excluding hydrogens is 192 g/mol. The molecule has 1 aromatic rings. The van der Waals surface area contributed by atoms with Gasteiger partial charge in [0.15, 0.2) is 5.43 Å². The summed E-state index contributed by atoms with van der Waals surface area (Å²) in [5.41, 5.74) is 0.756. The Balaban J connectivity index is 2.90. The van der Waals surface area contributed by atoms with Gasteiger partial charge in [-0.15, -0.1) is 0 Å². The Labute approximate surface area is 88.2 Å². The van der Waals surface area contributed by atoms with Gasteiger partial charge in [-0.3, -0.25) is 9.59 Å². The first-order valence-corrected chi connectivity index (χ1v) is 4.59. The minimum absolute atomic E-state index is 0.154. The average Bonchev–Trinajstić information content (AvgIpc) is 2.16. The van der Waals surface area contributed by atoms with Gasteiger partial charge in [0, 0.05) is 32.1 Å². The molecule has 1 rings (SSSR count). The summed E-state index contributed by atoms with van der Waals surface area (Å²) in [5, 5.41) is 0. The summed E-state index contributed by atoms with van der Waals surface area (Å²) >= 11 is 0. The van der Waals surface area contributed by atoms with Gasteiger partial charge in [-0.05, 0) is 6.92 Å². The molecule has 0 atom stereocenters. The van der Waals surface area contributed by atoms with E-state index in [0.717, 1.165) is 5.57 Å². The lowest BCUT2D eigenvalue weighted by atomic mass is 10.2. The molecule has 0 bridgehead atoms. The molecule has 0 fully saturated rings. The zero-order valence-electron chi connectivity index (χ0n) is 8.91. The van der Waals surface area contributed by atoms with Crippen LogP contribution in [0.5, 0.6) is 0 Å². The number of nitrogens with one attached hydrogen (secondary N) is 1. The summed E-state index contributed by atoms with van der Waals surface area (Å²) in [5.74, 6) is -0.292. The monoisotopic (exact) mass is 206 g/mol. The molecule has 0 aliphatic carbocycles. The van der Waals surface area contributed by atoms with Crippen LogP contribution in [0.3, 0.4) is 0 Å². The Kier molecular flexibility index (Phi) is 3.44. The molecule has 4 nitrogen and oxygen atoms in total. The minimum Gasteiger partial charge on any atom is -0.367 e. The molecule has 0 unspecified atom stereocenters. The van der Waals surface area contributed by atoms with Crippen LogP contribution in [0, 0.1) is 0 Å². The standard InChI is InChI=1S/C11H14N2O2/c1-8(2)7-13(3)11(15)9-6-12-5-4-10(9)14/h4-6H,1,7H2,2-3H3,(H,12,14). The van der Waals surface area contributed by atoms with Crippen molar-refractivity contribution < 1.29 is 4.79 Å². The lowest BCUT2D eigenvalue weighted by molar-refractivity contribution is 0.0805. The number of carbonyl (C=O) groups is 1. The molecule has 0 radical (unpaired) electrons. The third kappa shape index (κ3) is 2.80. The van der Waals surface area contributed by atoms with E-state index in [1.807, 2.05) is 6.92 Å². The number of likely N-dealkylation sites (N-methyl/N-ethyl adjacent to an activating group) is 1. The second kappa shape index (κ2) is 4.59. The third-order valence-electron chi connectivity index (χ3n) is 1.91.